The quantitative estimate of drug-likeness (QED) is 0.640. The lowest BCUT2D eigenvalue weighted by atomic mass is 10.1. The number of aliphatic carboxylic acids is 1. The first-order valence-corrected chi connectivity index (χ1v) is 5.13. The molecular weight excluding hydrogens is 180 g/mol. The average molecular weight is 202 g/mol. The maximum Gasteiger partial charge on any atom is 0.320 e. The van der Waals surface area contributed by atoms with Gasteiger partial charge in [-0.3, -0.25) is 4.79 Å². The highest BCUT2D eigenvalue weighted by molar-refractivity contribution is 5.73. The van der Waals surface area contributed by atoms with E-state index in [1.165, 1.54) is 0 Å². The molecule has 0 heterocycles. The highest BCUT2D eigenvalue weighted by atomic mass is 16.4. The van der Waals surface area contributed by atoms with Crippen molar-refractivity contribution in [2.75, 3.05) is 20.6 Å². The predicted molar refractivity (Wildman–Crippen MR) is 57.5 cm³/mol. The Labute approximate surface area is 86.3 Å². The summed E-state index contributed by atoms with van der Waals surface area (Å²) >= 11 is 0. The summed E-state index contributed by atoms with van der Waals surface area (Å²) in [4.78, 5) is 12.9. The third kappa shape index (κ3) is 4.58. The Balaban J connectivity index is 3.85. The van der Waals surface area contributed by atoms with Gasteiger partial charge in [-0.1, -0.05) is 6.92 Å². The largest absolute Gasteiger partial charge is 0.480 e. The Kier molecular flexibility index (Phi) is 6.49. The molecule has 0 aliphatic carbocycles. The van der Waals surface area contributed by atoms with E-state index in [2.05, 4.69) is 24.1 Å². The van der Waals surface area contributed by atoms with Crippen molar-refractivity contribution in [3.05, 3.63) is 0 Å². The van der Waals surface area contributed by atoms with Crippen molar-refractivity contribution in [2.45, 2.75) is 38.8 Å². The molecule has 0 aromatic rings. The van der Waals surface area contributed by atoms with Gasteiger partial charge in [0.1, 0.15) is 6.04 Å². The van der Waals surface area contributed by atoms with E-state index in [9.17, 15) is 4.79 Å². The van der Waals surface area contributed by atoms with E-state index in [0.29, 0.717) is 12.5 Å². The van der Waals surface area contributed by atoms with Crippen LogP contribution in [0.25, 0.3) is 0 Å². The van der Waals surface area contributed by atoms with Crippen LogP contribution in [0, 0.1) is 0 Å². The van der Waals surface area contributed by atoms with Gasteiger partial charge in [0.05, 0.1) is 0 Å². The van der Waals surface area contributed by atoms with Crippen molar-refractivity contribution in [3.8, 4) is 0 Å². The topological polar surface area (TPSA) is 52.6 Å². The molecule has 4 nitrogen and oxygen atoms in total. The molecule has 0 radical (unpaired) electrons. The summed E-state index contributed by atoms with van der Waals surface area (Å²) in [5.41, 5.74) is 0. The van der Waals surface area contributed by atoms with Crippen molar-refractivity contribution >= 4 is 5.97 Å². The molecule has 0 aliphatic heterocycles. The van der Waals surface area contributed by atoms with Crippen LogP contribution in [-0.4, -0.2) is 48.7 Å². The molecule has 2 atom stereocenters. The van der Waals surface area contributed by atoms with Crippen LogP contribution in [0.2, 0.25) is 0 Å². The van der Waals surface area contributed by atoms with Crippen molar-refractivity contribution < 1.29 is 9.90 Å². The first-order chi connectivity index (χ1) is 6.52. The number of carbonyl (C=O) groups is 1. The number of carboxylic acids is 1. The van der Waals surface area contributed by atoms with Gasteiger partial charge in [0.2, 0.25) is 0 Å². The zero-order valence-electron chi connectivity index (χ0n) is 9.58. The molecule has 0 aromatic carbocycles. The molecule has 0 saturated carbocycles. The number of rotatable bonds is 7. The SMILES string of the molecule is CCC(C)N(C)CCC(NC)C(=O)O. The summed E-state index contributed by atoms with van der Waals surface area (Å²) in [6, 6.07) is 0.0859. The second kappa shape index (κ2) is 6.79. The molecule has 0 saturated heterocycles. The highest BCUT2D eigenvalue weighted by Crippen LogP contribution is 2.02. The Hall–Kier alpha value is -0.610. The monoisotopic (exact) mass is 202 g/mol. The number of carboxylic acid groups (broad SMARTS) is 1. The van der Waals surface area contributed by atoms with Crippen LogP contribution in [0.1, 0.15) is 26.7 Å². The van der Waals surface area contributed by atoms with Crippen molar-refractivity contribution in [2.24, 2.45) is 0 Å². The Morgan fingerprint density at radius 1 is 1.57 bits per heavy atom. The molecule has 0 bridgehead atoms. The lowest BCUT2D eigenvalue weighted by Crippen LogP contribution is -2.39. The standard InChI is InChI=1S/C10H22N2O2/c1-5-8(2)12(4)7-6-9(11-3)10(13)14/h8-9,11H,5-7H2,1-4H3,(H,13,14). The van der Waals surface area contributed by atoms with Crippen molar-refractivity contribution in [1.29, 1.82) is 0 Å². The van der Waals surface area contributed by atoms with Gasteiger partial charge in [0, 0.05) is 12.6 Å². The summed E-state index contributed by atoms with van der Waals surface area (Å²) in [5, 5.41) is 11.6. The van der Waals surface area contributed by atoms with Gasteiger partial charge in [-0.2, -0.15) is 0 Å². The van der Waals surface area contributed by atoms with Crippen molar-refractivity contribution in [1.82, 2.24) is 10.2 Å². The summed E-state index contributed by atoms with van der Waals surface area (Å²) in [5.74, 6) is -0.773. The molecule has 14 heavy (non-hydrogen) atoms. The zero-order valence-corrected chi connectivity index (χ0v) is 9.58. The van der Waals surface area contributed by atoms with Crippen LogP contribution in [0.3, 0.4) is 0 Å². The summed E-state index contributed by atoms with van der Waals surface area (Å²) in [6.07, 6.45) is 1.74. The van der Waals surface area contributed by atoms with Crippen LogP contribution in [-0.2, 0) is 4.79 Å². The minimum absolute atomic E-state index is 0.429. The number of hydrogen-bond acceptors (Lipinski definition) is 3. The third-order valence-electron chi connectivity index (χ3n) is 2.76. The minimum Gasteiger partial charge on any atom is -0.480 e. The predicted octanol–water partition coefficient (Wildman–Crippen LogP) is 0.779. The lowest BCUT2D eigenvalue weighted by Gasteiger charge is -2.24. The third-order valence-corrected chi connectivity index (χ3v) is 2.76. The first-order valence-electron chi connectivity index (χ1n) is 5.13. The molecule has 0 spiro atoms. The van der Waals surface area contributed by atoms with Gasteiger partial charge in [0.25, 0.3) is 0 Å². The zero-order chi connectivity index (χ0) is 11.1. The molecule has 84 valence electrons. The Morgan fingerprint density at radius 2 is 2.14 bits per heavy atom. The molecule has 2 N–H and O–H groups in total. The maximum absolute atomic E-state index is 10.7. The highest BCUT2D eigenvalue weighted by Gasteiger charge is 2.16. The van der Waals surface area contributed by atoms with E-state index in [4.69, 9.17) is 5.11 Å². The maximum atomic E-state index is 10.7. The summed E-state index contributed by atoms with van der Waals surface area (Å²) in [7, 11) is 3.71. The molecule has 0 fully saturated rings. The van der Waals surface area contributed by atoms with Crippen molar-refractivity contribution in [3.63, 3.8) is 0 Å². The Morgan fingerprint density at radius 3 is 2.50 bits per heavy atom. The second-order valence-corrected chi connectivity index (χ2v) is 3.71. The van der Waals surface area contributed by atoms with Gasteiger partial charge in [-0.05, 0) is 33.9 Å². The first kappa shape index (κ1) is 13.4. The number of nitrogens with one attached hydrogen (secondary N) is 1. The second-order valence-electron chi connectivity index (χ2n) is 3.71. The number of likely N-dealkylation sites (N-methyl/N-ethyl adjacent to an activating group) is 1. The summed E-state index contributed by atoms with van der Waals surface area (Å²) < 4.78 is 0. The molecule has 0 amide bonds. The van der Waals surface area contributed by atoms with Gasteiger partial charge in [-0.25, -0.2) is 0 Å². The van der Waals surface area contributed by atoms with E-state index in [0.717, 1.165) is 13.0 Å². The molecule has 0 rings (SSSR count). The van der Waals surface area contributed by atoms with E-state index >= 15 is 0 Å². The van der Waals surface area contributed by atoms with Gasteiger partial charge >= 0.3 is 5.97 Å². The van der Waals surface area contributed by atoms with Crippen LogP contribution >= 0.6 is 0 Å². The van der Waals surface area contributed by atoms with Gasteiger partial charge in [-0.15, -0.1) is 0 Å². The van der Waals surface area contributed by atoms with Gasteiger partial charge in [0.15, 0.2) is 0 Å². The van der Waals surface area contributed by atoms with Crippen LogP contribution < -0.4 is 5.32 Å². The molecule has 0 aliphatic rings. The van der Waals surface area contributed by atoms with E-state index in [-0.39, 0.29) is 0 Å². The Bertz CT molecular complexity index is 174. The number of nitrogens with zero attached hydrogens (tertiary/aromatic N) is 1. The normalized spacial score (nSPS) is 15.5. The van der Waals surface area contributed by atoms with E-state index in [1.54, 1.807) is 7.05 Å². The van der Waals surface area contributed by atoms with Crippen LogP contribution in [0.15, 0.2) is 0 Å². The fourth-order valence-corrected chi connectivity index (χ4v) is 1.26. The minimum atomic E-state index is -0.773. The average Bonchev–Trinajstić information content (AvgIpc) is 2.16. The van der Waals surface area contributed by atoms with E-state index in [1.807, 2.05) is 7.05 Å². The fraction of sp³-hybridized carbons (Fsp3) is 0.900. The number of hydrogen-bond donors (Lipinski definition) is 2. The molecule has 0 aromatic heterocycles. The molecule has 2 unspecified atom stereocenters. The van der Waals surface area contributed by atoms with Gasteiger partial charge < -0.3 is 15.3 Å². The van der Waals surface area contributed by atoms with E-state index < -0.39 is 12.0 Å². The fourth-order valence-electron chi connectivity index (χ4n) is 1.26. The van der Waals surface area contributed by atoms with Crippen LogP contribution in [0.4, 0.5) is 0 Å². The molecule has 4 heteroatoms. The lowest BCUT2D eigenvalue weighted by molar-refractivity contribution is -0.139. The smallest absolute Gasteiger partial charge is 0.320 e. The molecular formula is C10H22N2O2. The summed E-state index contributed by atoms with van der Waals surface area (Å²) in [6.45, 7) is 5.09. The van der Waals surface area contributed by atoms with Crippen LogP contribution in [0.5, 0.6) is 0 Å².